The molecular formula is C18H20N2O3. The highest BCUT2D eigenvalue weighted by Gasteiger charge is 2.24. The number of carbonyl (C=O) groups is 2. The molecule has 2 aromatic rings. The highest BCUT2D eigenvalue weighted by molar-refractivity contribution is 5.89. The van der Waals surface area contributed by atoms with E-state index in [4.69, 9.17) is 5.73 Å². The number of amides is 2. The summed E-state index contributed by atoms with van der Waals surface area (Å²) >= 11 is 0. The molecule has 0 aromatic heterocycles. The summed E-state index contributed by atoms with van der Waals surface area (Å²) in [6.45, 7) is 1.94. The first-order valence-electron chi connectivity index (χ1n) is 7.35. The number of aliphatic hydroxyl groups is 1. The molecule has 0 aliphatic carbocycles. The fourth-order valence-electron chi connectivity index (χ4n) is 2.33. The molecule has 2 atom stereocenters. The largest absolute Gasteiger partial charge is 0.378 e. The Hall–Kier alpha value is -2.66. The van der Waals surface area contributed by atoms with Gasteiger partial charge in [-0.15, -0.1) is 0 Å². The fourth-order valence-corrected chi connectivity index (χ4v) is 2.33. The highest BCUT2D eigenvalue weighted by Crippen LogP contribution is 2.13. The van der Waals surface area contributed by atoms with Crippen molar-refractivity contribution in [1.82, 2.24) is 5.32 Å². The summed E-state index contributed by atoms with van der Waals surface area (Å²) < 4.78 is 0. The number of aryl methyl sites for hydroxylation is 1. The molecule has 5 heteroatoms. The first-order chi connectivity index (χ1) is 11.0. The van der Waals surface area contributed by atoms with E-state index < -0.39 is 24.0 Å². The number of aliphatic hydroxyl groups excluding tert-OH is 1. The Morgan fingerprint density at radius 1 is 1.13 bits per heavy atom. The average molecular weight is 312 g/mol. The second kappa shape index (κ2) is 7.56. The van der Waals surface area contributed by atoms with Crippen LogP contribution in [-0.2, 0) is 16.0 Å². The zero-order valence-corrected chi connectivity index (χ0v) is 12.9. The van der Waals surface area contributed by atoms with Gasteiger partial charge in [-0.05, 0) is 18.1 Å². The number of primary amides is 1. The van der Waals surface area contributed by atoms with Gasteiger partial charge in [-0.1, -0.05) is 60.2 Å². The molecule has 0 saturated carbocycles. The second-order valence-corrected chi connectivity index (χ2v) is 5.47. The van der Waals surface area contributed by atoms with Crippen molar-refractivity contribution in [3.63, 3.8) is 0 Å². The number of hydrogen-bond donors (Lipinski definition) is 3. The minimum atomic E-state index is -1.34. The van der Waals surface area contributed by atoms with Gasteiger partial charge in [0.15, 0.2) is 6.10 Å². The van der Waals surface area contributed by atoms with Gasteiger partial charge in [0.2, 0.25) is 5.91 Å². The predicted molar refractivity (Wildman–Crippen MR) is 87.4 cm³/mol. The Morgan fingerprint density at radius 3 is 2.43 bits per heavy atom. The third-order valence-electron chi connectivity index (χ3n) is 3.55. The molecule has 120 valence electrons. The SMILES string of the molecule is Cc1cccc(C[C@@H](NC(=O)[C@@H](O)c2ccccc2)C(N)=O)c1. The smallest absolute Gasteiger partial charge is 0.254 e. The minimum absolute atomic E-state index is 0.282. The van der Waals surface area contributed by atoms with Crippen LogP contribution in [0.1, 0.15) is 22.8 Å². The van der Waals surface area contributed by atoms with Gasteiger partial charge in [0.25, 0.3) is 5.91 Å². The van der Waals surface area contributed by atoms with E-state index in [0.29, 0.717) is 5.56 Å². The number of carbonyl (C=O) groups excluding carboxylic acids is 2. The summed E-state index contributed by atoms with van der Waals surface area (Å²) in [4.78, 5) is 23.8. The Balaban J connectivity index is 2.07. The van der Waals surface area contributed by atoms with Crippen molar-refractivity contribution in [2.75, 3.05) is 0 Å². The number of rotatable bonds is 6. The molecule has 2 aromatic carbocycles. The summed E-state index contributed by atoms with van der Waals surface area (Å²) in [5, 5.41) is 12.6. The molecule has 0 aliphatic rings. The summed E-state index contributed by atoms with van der Waals surface area (Å²) in [6.07, 6.45) is -1.06. The molecule has 0 heterocycles. The van der Waals surface area contributed by atoms with Crippen LogP contribution >= 0.6 is 0 Å². The zero-order chi connectivity index (χ0) is 16.8. The predicted octanol–water partition coefficient (Wildman–Crippen LogP) is 1.24. The van der Waals surface area contributed by atoms with Crippen LogP contribution in [0.15, 0.2) is 54.6 Å². The van der Waals surface area contributed by atoms with Crippen molar-refractivity contribution >= 4 is 11.8 Å². The van der Waals surface area contributed by atoms with Gasteiger partial charge in [0.05, 0.1) is 0 Å². The Morgan fingerprint density at radius 2 is 1.83 bits per heavy atom. The van der Waals surface area contributed by atoms with E-state index in [1.165, 1.54) is 0 Å². The number of benzene rings is 2. The van der Waals surface area contributed by atoms with Crippen molar-refractivity contribution in [2.24, 2.45) is 5.73 Å². The summed E-state index contributed by atoms with van der Waals surface area (Å²) in [5.74, 6) is -1.28. The van der Waals surface area contributed by atoms with Gasteiger partial charge in [-0.2, -0.15) is 0 Å². The van der Waals surface area contributed by atoms with E-state index >= 15 is 0 Å². The van der Waals surface area contributed by atoms with Gasteiger partial charge in [0, 0.05) is 6.42 Å². The molecule has 0 saturated heterocycles. The number of hydrogen-bond acceptors (Lipinski definition) is 3. The van der Waals surface area contributed by atoms with Crippen LogP contribution in [0.4, 0.5) is 0 Å². The first-order valence-corrected chi connectivity index (χ1v) is 7.35. The number of nitrogens with two attached hydrogens (primary N) is 1. The lowest BCUT2D eigenvalue weighted by Gasteiger charge is -2.18. The van der Waals surface area contributed by atoms with Crippen LogP contribution in [0, 0.1) is 6.92 Å². The monoisotopic (exact) mass is 312 g/mol. The summed E-state index contributed by atoms with van der Waals surface area (Å²) in [5.41, 5.74) is 7.79. The number of nitrogens with one attached hydrogen (secondary N) is 1. The van der Waals surface area contributed by atoms with Crippen LogP contribution in [0.2, 0.25) is 0 Å². The first kappa shape index (κ1) is 16.7. The lowest BCUT2D eigenvalue weighted by atomic mass is 10.0. The summed E-state index contributed by atoms with van der Waals surface area (Å²) in [7, 11) is 0. The molecule has 0 unspecified atom stereocenters. The van der Waals surface area contributed by atoms with Gasteiger partial charge >= 0.3 is 0 Å². The van der Waals surface area contributed by atoms with Crippen molar-refractivity contribution in [3.8, 4) is 0 Å². The highest BCUT2D eigenvalue weighted by atomic mass is 16.3. The van der Waals surface area contributed by atoms with Crippen LogP contribution in [-0.4, -0.2) is 23.0 Å². The third-order valence-corrected chi connectivity index (χ3v) is 3.55. The van der Waals surface area contributed by atoms with E-state index in [0.717, 1.165) is 11.1 Å². The van der Waals surface area contributed by atoms with E-state index in [2.05, 4.69) is 5.32 Å². The second-order valence-electron chi connectivity index (χ2n) is 5.47. The minimum Gasteiger partial charge on any atom is -0.378 e. The van der Waals surface area contributed by atoms with Gasteiger partial charge in [-0.3, -0.25) is 9.59 Å². The van der Waals surface area contributed by atoms with E-state index in [1.54, 1.807) is 30.3 Å². The molecule has 23 heavy (non-hydrogen) atoms. The molecule has 0 spiro atoms. The molecule has 2 amide bonds. The molecule has 0 bridgehead atoms. The van der Waals surface area contributed by atoms with Crippen molar-refractivity contribution in [1.29, 1.82) is 0 Å². The van der Waals surface area contributed by atoms with Crippen LogP contribution < -0.4 is 11.1 Å². The third kappa shape index (κ3) is 4.66. The quantitative estimate of drug-likeness (QED) is 0.749. The van der Waals surface area contributed by atoms with Crippen LogP contribution in [0.5, 0.6) is 0 Å². The molecule has 2 rings (SSSR count). The lowest BCUT2D eigenvalue weighted by molar-refractivity contribution is -0.133. The normalized spacial score (nSPS) is 13.1. The maximum absolute atomic E-state index is 12.1. The van der Waals surface area contributed by atoms with Gasteiger partial charge in [-0.25, -0.2) is 0 Å². The standard InChI is InChI=1S/C18H20N2O3/c1-12-6-5-7-13(10-12)11-15(17(19)22)20-18(23)16(21)14-8-3-2-4-9-14/h2-10,15-16,21H,11H2,1H3,(H2,19,22)(H,20,23)/t15-,16+/m1/s1. The lowest BCUT2D eigenvalue weighted by Crippen LogP contribution is -2.47. The van der Waals surface area contributed by atoms with E-state index in [9.17, 15) is 14.7 Å². The maximum atomic E-state index is 12.1. The van der Waals surface area contributed by atoms with Crippen molar-refractivity contribution in [3.05, 3.63) is 71.3 Å². The Labute approximate surface area is 135 Å². The van der Waals surface area contributed by atoms with Crippen molar-refractivity contribution < 1.29 is 14.7 Å². The van der Waals surface area contributed by atoms with Crippen molar-refractivity contribution in [2.45, 2.75) is 25.5 Å². The molecule has 0 fully saturated rings. The van der Waals surface area contributed by atoms with Crippen LogP contribution in [0.3, 0.4) is 0 Å². The fraction of sp³-hybridized carbons (Fsp3) is 0.222. The van der Waals surface area contributed by atoms with Gasteiger partial charge in [0.1, 0.15) is 6.04 Å². The zero-order valence-electron chi connectivity index (χ0n) is 12.9. The van der Waals surface area contributed by atoms with Gasteiger partial charge < -0.3 is 16.2 Å². The topological polar surface area (TPSA) is 92.4 Å². The maximum Gasteiger partial charge on any atom is 0.254 e. The Kier molecular flexibility index (Phi) is 5.49. The molecule has 5 nitrogen and oxygen atoms in total. The van der Waals surface area contributed by atoms with E-state index in [-0.39, 0.29) is 6.42 Å². The molecule has 0 aliphatic heterocycles. The summed E-state index contributed by atoms with van der Waals surface area (Å²) in [6, 6.07) is 15.3. The Bertz CT molecular complexity index is 686. The molecule has 0 radical (unpaired) electrons. The van der Waals surface area contributed by atoms with E-state index in [1.807, 2.05) is 31.2 Å². The van der Waals surface area contributed by atoms with Crippen LogP contribution in [0.25, 0.3) is 0 Å². The molecular weight excluding hydrogens is 292 g/mol. The average Bonchev–Trinajstić information content (AvgIpc) is 2.54. The molecule has 4 N–H and O–H groups in total.